The van der Waals surface area contributed by atoms with E-state index in [4.69, 9.17) is 5.11 Å². The number of thioether (sulfide) groups is 1. The summed E-state index contributed by atoms with van der Waals surface area (Å²) in [7, 11) is 0. The minimum Gasteiger partial charge on any atom is -0.476 e. The van der Waals surface area contributed by atoms with Crippen LogP contribution >= 0.6 is 11.8 Å². The van der Waals surface area contributed by atoms with Gasteiger partial charge in [-0.25, -0.2) is 18.3 Å². The Morgan fingerprint density at radius 1 is 1.59 bits per heavy atom. The number of carboxylic acids is 1. The summed E-state index contributed by atoms with van der Waals surface area (Å²) in [6, 6.07) is 0. The summed E-state index contributed by atoms with van der Waals surface area (Å²) < 4.78 is 26.4. The monoisotopic (exact) mass is 265 g/mol. The van der Waals surface area contributed by atoms with Crippen LogP contribution in [-0.2, 0) is 6.54 Å². The fraction of sp³-hybridized carbons (Fsp3) is 0.667. The molecule has 1 aromatic rings. The molecule has 1 aromatic heterocycles. The smallest absolute Gasteiger partial charge is 0.358 e. The highest BCUT2D eigenvalue weighted by molar-refractivity contribution is 7.99. The number of halogens is 2. The summed E-state index contributed by atoms with van der Waals surface area (Å²) in [6.45, 7) is 2.26. The first-order chi connectivity index (χ1) is 8.07. The van der Waals surface area contributed by atoms with Crippen molar-refractivity contribution in [2.24, 2.45) is 0 Å². The Morgan fingerprint density at radius 3 is 2.82 bits per heavy atom. The molecule has 1 heterocycles. The highest BCUT2D eigenvalue weighted by atomic mass is 32.2. The predicted molar refractivity (Wildman–Crippen MR) is 59.6 cm³/mol. The third kappa shape index (κ3) is 3.65. The van der Waals surface area contributed by atoms with Crippen LogP contribution in [0.15, 0.2) is 0 Å². The molecule has 0 aliphatic carbocycles. The average Bonchev–Trinajstić information content (AvgIpc) is 2.68. The minimum atomic E-state index is -2.88. The first kappa shape index (κ1) is 13.9. The van der Waals surface area contributed by atoms with Crippen molar-refractivity contribution < 1.29 is 18.7 Å². The van der Waals surface area contributed by atoms with Gasteiger partial charge in [-0.1, -0.05) is 12.1 Å². The van der Waals surface area contributed by atoms with Crippen LogP contribution in [0.1, 0.15) is 36.0 Å². The molecule has 0 unspecified atom stereocenters. The van der Waals surface area contributed by atoms with Crippen LogP contribution in [-0.4, -0.2) is 37.6 Å². The molecule has 0 atom stereocenters. The standard InChI is InChI=1S/C9H13F2N3O2S/c1-2-17-5-3-4-14-7(8(10)11)6(9(15)16)12-13-14/h8H,2-5H2,1H3,(H,15,16). The van der Waals surface area contributed by atoms with Crippen LogP contribution < -0.4 is 0 Å². The van der Waals surface area contributed by atoms with E-state index in [0.717, 1.165) is 16.2 Å². The maximum atomic E-state index is 12.7. The lowest BCUT2D eigenvalue weighted by molar-refractivity contribution is 0.0675. The van der Waals surface area contributed by atoms with E-state index < -0.39 is 23.8 Å². The second-order valence-corrected chi connectivity index (χ2v) is 4.60. The van der Waals surface area contributed by atoms with Gasteiger partial charge in [-0.2, -0.15) is 11.8 Å². The number of hydrogen-bond donors (Lipinski definition) is 1. The molecule has 0 aliphatic heterocycles. The van der Waals surface area contributed by atoms with Crippen molar-refractivity contribution in [2.45, 2.75) is 26.3 Å². The van der Waals surface area contributed by atoms with Gasteiger partial charge in [-0.3, -0.25) is 0 Å². The number of alkyl halides is 2. The summed E-state index contributed by atoms with van der Waals surface area (Å²) in [5, 5.41) is 15.4. The van der Waals surface area contributed by atoms with E-state index in [1.54, 1.807) is 11.8 Å². The highest BCUT2D eigenvalue weighted by Gasteiger charge is 2.25. The van der Waals surface area contributed by atoms with Crippen LogP contribution in [0.5, 0.6) is 0 Å². The van der Waals surface area contributed by atoms with Gasteiger partial charge in [0.15, 0.2) is 5.69 Å². The van der Waals surface area contributed by atoms with Crippen LogP contribution in [0.4, 0.5) is 8.78 Å². The first-order valence-electron chi connectivity index (χ1n) is 5.10. The molecule has 0 fully saturated rings. The predicted octanol–water partition coefficient (Wildman–Crippen LogP) is 2.06. The topological polar surface area (TPSA) is 68.0 Å². The van der Waals surface area contributed by atoms with Crippen molar-refractivity contribution in [2.75, 3.05) is 11.5 Å². The lowest BCUT2D eigenvalue weighted by Gasteiger charge is -2.05. The van der Waals surface area contributed by atoms with Gasteiger partial charge in [0.2, 0.25) is 0 Å². The molecule has 8 heteroatoms. The number of nitrogens with zero attached hydrogens (tertiary/aromatic N) is 3. The van der Waals surface area contributed by atoms with E-state index in [1.165, 1.54) is 0 Å². The number of aromatic nitrogens is 3. The molecular formula is C9H13F2N3O2S. The molecule has 0 spiro atoms. The quantitative estimate of drug-likeness (QED) is 0.764. The molecule has 0 radical (unpaired) electrons. The molecule has 0 bridgehead atoms. The molecule has 0 aromatic carbocycles. The van der Waals surface area contributed by atoms with Crippen molar-refractivity contribution in [3.8, 4) is 0 Å². The Balaban J connectivity index is 2.74. The molecular weight excluding hydrogens is 252 g/mol. The van der Waals surface area contributed by atoms with E-state index in [0.29, 0.717) is 6.42 Å². The second kappa shape index (κ2) is 6.53. The van der Waals surface area contributed by atoms with E-state index in [9.17, 15) is 13.6 Å². The van der Waals surface area contributed by atoms with Crippen molar-refractivity contribution in [1.29, 1.82) is 0 Å². The summed E-state index contributed by atoms with van der Waals surface area (Å²) in [5.74, 6) is 0.301. The molecule has 0 aliphatic rings. The Kier molecular flexibility index (Phi) is 5.33. The molecule has 1 rings (SSSR count). The first-order valence-corrected chi connectivity index (χ1v) is 6.26. The fourth-order valence-corrected chi connectivity index (χ4v) is 1.94. The van der Waals surface area contributed by atoms with Gasteiger partial charge >= 0.3 is 5.97 Å². The van der Waals surface area contributed by atoms with E-state index in [1.807, 2.05) is 6.92 Å². The zero-order valence-corrected chi connectivity index (χ0v) is 10.1. The molecule has 0 saturated heterocycles. The minimum absolute atomic E-state index is 0.257. The average molecular weight is 265 g/mol. The summed E-state index contributed by atoms with van der Waals surface area (Å²) in [6.07, 6.45) is -2.23. The van der Waals surface area contributed by atoms with Gasteiger partial charge in [-0.05, 0) is 17.9 Å². The third-order valence-electron chi connectivity index (χ3n) is 2.05. The van der Waals surface area contributed by atoms with Crippen molar-refractivity contribution >= 4 is 17.7 Å². The van der Waals surface area contributed by atoms with E-state index >= 15 is 0 Å². The molecule has 0 amide bonds. The highest BCUT2D eigenvalue weighted by Crippen LogP contribution is 2.21. The van der Waals surface area contributed by atoms with E-state index in [-0.39, 0.29) is 6.54 Å². The Hall–Kier alpha value is -1.18. The zero-order valence-electron chi connectivity index (χ0n) is 9.27. The molecule has 17 heavy (non-hydrogen) atoms. The van der Waals surface area contributed by atoms with Gasteiger partial charge < -0.3 is 5.11 Å². The maximum absolute atomic E-state index is 12.7. The van der Waals surface area contributed by atoms with Crippen LogP contribution in [0.3, 0.4) is 0 Å². The third-order valence-corrected chi connectivity index (χ3v) is 3.03. The lowest BCUT2D eigenvalue weighted by atomic mass is 10.3. The molecule has 5 nitrogen and oxygen atoms in total. The normalized spacial score (nSPS) is 11.1. The van der Waals surface area contributed by atoms with Crippen LogP contribution in [0.25, 0.3) is 0 Å². The lowest BCUT2D eigenvalue weighted by Crippen LogP contribution is -2.09. The Morgan fingerprint density at radius 2 is 2.29 bits per heavy atom. The van der Waals surface area contributed by atoms with Crippen LogP contribution in [0, 0.1) is 0 Å². The molecule has 96 valence electrons. The van der Waals surface area contributed by atoms with Crippen molar-refractivity contribution in [1.82, 2.24) is 15.0 Å². The van der Waals surface area contributed by atoms with Crippen LogP contribution in [0.2, 0.25) is 0 Å². The number of aryl methyl sites for hydroxylation is 1. The SMILES string of the molecule is CCSCCCn1nnc(C(=O)O)c1C(F)F. The Bertz CT molecular complexity index is 384. The number of carboxylic acid groups (broad SMARTS) is 1. The maximum Gasteiger partial charge on any atom is 0.358 e. The largest absolute Gasteiger partial charge is 0.476 e. The Labute approximate surface area is 101 Å². The van der Waals surface area contributed by atoms with Crippen molar-refractivity contribution in [3.05, 3.63) is 11.4 Å². The second-order valence-electron chi connectivity index (χ2n) is 3.20. The summed E-state index contributed by atoms with van der Waals surface area (Å²) in [5.41, 5.74) is -1.28. The fourth-order valence-electron chi connectivity index (χ4n) is 1.31. The summed E-state index contributed by atoms with van der Waals surface area (Å²) in [4.78, 5) is 10.7. The van der Waals surface area contributed by atoms with Gasteiger partial charge in [-0.15, -0.1) is 5.10 Å². The molecule has 1 N–H and O–H groups in total. The van der Waals surface area contributed by atoms with Gasteiger partial charge in [0.05, 0.1) is 0 Å². The van der Waals surface area contributed by atoms with E-state index in [2.05, 4.69) is 10.3 Å². The summed E-state index contributed by atoms with van der Waals surface area (Å²) >= 11 is 1.69. The number of aromatic carboxylic acids is 1. The number of hydrogen-bond acceptors (Lipinski definition) is 4. The van der Waals surface area contributed by atoms with Crippen molar-refractivity contribution in [3.63, 3.8) is 0 Å². The van der Waals surface area contributed by atoms with Gasteiger partial charge in [0.1, 0.15) is 5.69 Å². The van der Waals surface area contributed by atoms with Gasteiger partial charge in [0, 0.05) is 6.54 Å². The number of carbonyl (C=O) groups is 1. The number of rotatable bonds is 7. The van der Waals surface area contributed by atoms with Gasteiger partial charge in [0.25, 0.3) is 6.43 Å². The zero-order chi connectivity index (χ0) is 12.8. The molecule has 0 saturated carbocycles.